The molecule has 2 N–H and O–H groups in total. The first kappa shape index (κ1) is 22.0. The second-order valence-corrected chi connectivity index (χ2v) is 11.2. The van der Waals surface area contributed by atoms with Crippen LogP contribution in [0.2, 0.25) is 0 Å². The van der Waals surface area contributed by atoms with Crippen molar-refractivity contribution in [1.29, 1.82) is 0 Å². The molecule has 1 fully saturated rings. The molecule has 0 aliphatic heterocycles. The van der Waals surface area contributed by atoms with Gasteiger partial charge in [0.25, 0.3) is 0 Å². The van der Waals surface area contributed by atoms with E-state index in [2.05, 4.69) is 55.4 Å². The van der Waals surface area contributed by atoms with Crippen LogP contribution in [-0.2, 0) is 0 Å². The predicted molar refractivity (Wildman–Crippen MR) is 109 cm³/mol. The Morgan fingerprint density at radius 1 is 0.917 bits per heavy atom. The molecule has 1 saturated carbocycles. The summed E-state index contributed by atoms with van der Waals surface area (Å²) in [7, 11) is 0. The van der Waals surface area contributed by atoms with Crippen LogP contribution in [0.5, 0.6) is 0 Å². The fraction of sp³-hybridized carbons (Fsp3) is 1.00. The first-order valence-electron chi connectivity index (χ1n) is 10.7. The highest BCUT2D eigenvalue weighted by Crippen LogP contribution is 2.47. The van der Waals surface area contributed by atoms with Crippen LogP contribution in [0.15, 0.2) is 0 Å². The van der Waals surface area contributed by atoms with Gasteiger partial charge in [0.15, 0.2) is 0 Å². The van der Waals surface area contributed by atoms with E-state index in [9.17, 15) is 0 Å². The molecule has 0 radical (unpaired) electrons. The van der Waals surface area contributed by atoms with Gasteiger partial charge in [-0.25, -0.2) is 0 Å². The van der Waals surface area contributed by atoms with Crippen LogP contribution in [0, 0.1) is 28.6 Å². The molecule has 1 nitrogen and oxygen atoms in total. The Morgan fingerprint density at radius 2 is 1.46 bits per heavy atom. The van der Waals surface area contributed by atoms with Crippen molar-refractivity contribution in [2.24, 2.45) is 34.3 Å². The van der Waals surface area contributed by atoms with Crippen LogP contribution in [0.4, 0.5) is 0 Å². The second kappa shape index (κ2) is 8.56. The molecule has 0 bridgehead atoms. The SMILES string of the molecule is CC(C[C@H](C)CCCC(C)(C)C)C(N)(C1CCCCC1)C(C)(C)C. The summed E-state index contributed by atoms with van der Waals surface area (Å²) < 4.78 is 0. The lowest BCUT2D eigenvalue weighted by molar-refractivity contribution is 0.0242. The minimum absolute atomic E-state index is 0.0221. The van der Waals surface area contributed by atoms with Crippen LogP contribution in [0.3, 0.4) is 0 Å². The van der Waals surface area contributed by atoms with Crippen LogP contribution in [0.1, 0.15) is 113 Å². The second-order valence-electron chi connectivity index (χ2n) is 11.2. The third-order valence-corrected chi connectivity index (χ3v) is 6.77. The van der Waals surface area contributed by atoms with Gasteiger partial charge in [0.2, 0.25) is 0 Å². The Balaban J connectivity index is 2.69. The maximum Gasteiger partial charge on any atom is 0.0258 e. The average molecular weight is 338 g/mol. The van der Waals surface area contributed by atoms with E-state index in [-0.39, 0.29) is 11.0 Å². The molecule has 144 valence electrons. The Bertz CT molecular complexity index is 353. The highest BCUT2D eigenvalue weighted by Gasteiger charge is 2.48. The molecular formula is C23H47N. The summed E-state index contributed by atoms with van der Waals surface area (Å²) in [6, 6.07) is 0. The topological polar surface area (TPSA) is 26.0 Å². The summed E-state index contributed by atoms with van der Waals surface area (Å²) in [4.78, 5) is 0. The van der Waals surface area contributed by atoms with E-state index in [1.807, 2.05) is 0 Å². The van der Waals surface area contributed by atoms with Gasteiger partial charge in [0, 0.05) is 5.54 Å². The van der Waals surface area contributed by atoms with E-state index < -0.39 is 0 Å². The Morgan fingerprint density at radius 3 is 1.92 bits per heavy atom. The van der Waals surface area contributed by atoms with Crippen LogP contribution >= 0.6 is 0 Å². The summed E-state index contributed by atoms with van der Waals surface area (Å²) >= 11 is 0. The summed E-state index contributed by atoms with van der Waals surface area (Å²) in [5.41, 5.74) is 7.87. The predicted octanol–water partition coefficient (Wildman–Crippen LogP) is 7.19. The highest BCUT2D eigenvalue weighted by molar-refractivity contribution is 5.04. The maximum atomic E-state index is 7.24. The van der Waals surface area contributed by atoms with Crippen LogP contribution in [0.25, 0.3) is 0 Å². The molecule has 1 aliphatic carbocycles. The quantitative estimate of drug-likeness (QED) is 0.522. The van der Waals surface area contributed by atoms with Gasteiger partial charge < -0.3 is 5.73 Å². The van der Waals surface area contributed by atoms with Gasteiger partial charge in [-0.15, -0.1) is 0 Å². The van der Waals surface area contributed by atoms with E-state index in [0.717, 1.165) is 5.92 Å². The Hall–Kier alpha value is -0.0400. The highest BCUT2D eigenvalue weighted by atomic mass is 14.8. The van der Waals surface area contributed by atoms with Crippen LogP contribution in [-0.4, -0.2) is 5.54 Å². The van der Waals surface area contributed by atoms with E-state index in [0.29, 0.717) is 17.3 Å². The molecule has 0 heterocycles. The minimum Gasteiger partial charge on any atom is -0.324 e. The molecule has 0 aromatic rings. The van der Waals surface area contributed by atoms with Gasteiger partial charge in [-0.05, 0) is 54.3 Å². The zero-order valence-corrected chi connectivity index (χ0v) is 18.2. The molecule has 0 saturated heterocycles. The number of nitrogens with two attached hydrogens (primary N) is 1. The molecule has 1 heteroatoms. The molecule has 0 aromatic heterocycles. The molecule has 0 aromatic carbocycles. The van der Waals surface area contributed by atoms with Crippen molar-refractivity contribution in [3.05, 3.63) is 0 Å². The summed E-state index contributed by atoms with van der Waals surface area (Å²) in [5.74, 6) is 2.10. The number of hydrogen-bond acceptors (Lipinski definition) is 1. The summed E-state index contributed by atoms with van der Waals surface area (Å²) in [6.07, 6.45) is 12.2. The molecule has 24 heavy (non-hydrogen) atoms. The van der Waals surface area contributed by atoms with Crippen molar-refractivity contribution >= 4 is 0 Å². The lowest BCUT2D eigenvalue weighted by Crippen LogP contribution is -2.61. The molecule has 0 spiro atoms. The number of rotatable bonds is 7. The zero-order valence-electron chi connectivity index (χ0n) is 18.2. The number of hydrogen-bond donors (Lipinski definition) is 1. The van der Waals surface area contributed by atoms with E-state index in [4.69, 9.17) is 5.73 Å². The van der Waals surface area contributed by atoms with Crippen molar-refractivity contribution < 1.29 is 0 Å². The standard InChI is InChI=1S/C23H47N/c1-18(13-12-16-21(3,4)5)17-19(2)23(24,22(6,7)8)20-14-10-9-11-15-20/h18-20H,9-17,24H2,1-8H3/t18-,19?,23?/m1/s1. The van der Waals surface area contributed by atoms with Crippen molar-refractivity contribution in [2.75, 3.05) is 0 Å². The summed E-state index contributed by atoms with van der Waals surface area (Å²) in [5, 5.41) is 0. The third-order valence-electron chi connectivity index (χ3n) is 6.77. The molecule has 1 aliphatic rings. The maximum absolute atomic E-state index is 7.24. The monoisotopic (exact) mass is 337 g/mol. The van der Waals surface area contributed by atoms with Gasteiger partial charge >= 0.3 is 0 Å². The largest absolute Gasteiger partial charge is 0.324 e. The first-order chi connectivity index (χ1) is 10.9. The van der Waals surface area contributed by atoms with Gasteiger partial charge in [-0.1, -0.05) is 87.5 Å². The lowest BCUT2D eigenvalue weighted by Gasteiger charge is -2.53. The van der Waals surface area contributed by atoms with Gasteiger partial charge in [0.1, 0.15) is 0 Å². The van der Waals surface area contributed by atoms with Crippen molar-refractivity contribution in [3.63, 3.8) is 0 Å². The lowest BCUT2D eigenvalue weighted by atomic mass is 9.56. The van der Waals surface area contributed by atoms with Crippen molar-refractivity contribution in [2.45, 2.75) is 119 Å². The zero-order chi connectivity index (χ0) is 18.6. The first-order valence-corrected chi connectivity index (χ1v) is 10.7. The smallest absolute Gasteiger partial charge is 0.0258 e. The van der Waals surface area contributed by atoms with Crippen LogP contribution < -0.4 is 5.73 Å². The van der Waals surface area contributed by atoms with E-state index >= 15 is 0 Å². The summed E-state index contributed by atoms with van der Waals surface area (Å²) in [6.45, 7) is 19.1. The molecule has 0 amide bonds. The van der Waals surface area contributed by atoms with Crippen molar-refractivity contribution in [1.82, 2.24) is 0 Å². The third kappa shape index (κ3) is 6.04. The normalized spacial score (nSPS) is 22.9. The molecule has 3 atom stereocenters. The minimum atomic E-state index is -0.0221. The van der Waals surface area contributed by atoms with Crippen molar-refractivity contribution in [3.8, 4) is 0 Å². The van der Waals surface area contributed by atoms with E-state index in [1.54, 1.807) is 0 Å². The fourth-order valence-corrected chi connectivity index (χ4v) is 5.23. The molecular weight excluding hydrogens is 290 g/mol. The Labute approximate surface area is 153 Å². The fourth-order valence-electron chi connectivity index (χ4n) is 5.23. The van der Waals surface area contributed by atoms with E-state index in [1.165, 1.54) is 57.8 Å². The van der Waals surface area contributed by atoms with Gasteiger partial charge in [-0.3, -0.25) is 0 Å². The average Bonchev–Trinajstić information content (AvgIpc) is 2.44. The van der Waals surface area contributed by atoms with Gasteiger partial charge in [-0.2, -0.15) is 0 Å². The Kier molecular flexibility index (Phi) is 7.85. The molecule has 2 unspecified atom stereocenters. The van der Waals surface area contributed by atoms with Gasteiger partial charge in [0.05, 0.1) is 0 Å². The molecule has 1 rings (SSSR count).